The average molecular weight is 320 g/mol. The number of thiazole rings is 1. The molecule has 2 aliphatic rings. The van der Waals surface area contributed by atoms with Crippen LogP contribution in [0.3, 0.4) is 0 Å². The number of rotatable bonds is 3. The maximum absolute atomic E-state index is 12.2. The van der Waals surface area contributed by atoms with E-state index < -0.39 is 0 Å². The molecular formula is C16H24N4OS. The summed E-state index contributed by atoms with van der Waals surface area (Å²) in [6, 6.07) is 0. The molecule has 0 saturated carbocycles. The van der Waals surface area contributed by atoms with Gasteiger partial charge in [0.2, 0.25) is 5.91 Å². The first-order valence-corrected chi connectivity index (χ1v) is 8.80. The molecule has 22 heavy (non-hydrogen) atoms. The van der Waals surface area contributed by atoms with Crippen LogP contribution >= 0.6 is 11.3 Å². The van der Waals surface area contributed by atoms with Crippen molar-refractivity contribution in [3.8, 4) is 0 Å². The lowest BCUT2D eigenvalue weighted by atomic mass is 9.67. The lowest BCUT2D eigenvalue weighted by molar-refractivity contribution is -0.132. The van der Waals surface area contributed by atoms with Gasteiger partial charge in [-0.05, 0) is 30.7 Å². The van der Waals surface area contributed by atoms with Crippen molar-refractivity contribution >= 4 is 23.1 Å². The van der Waals surface area contributed by atoms with Crippen molar-refractivity contribution in [3.63, 3.8) is 0 Å². The molecule has 1 aromatic heterocycles. The Morgan fingerprint density at radius 2 is 2.32 bits per heavy atom. The maximum atomic E-state index is 12.2. The van der Waals surface area contributed by atoms with E-state index in [0.717, 1.165) is 31.1 Å². The fourth-order valence-electron chi connectivity index (χ4n) is 3.76. The van der Waals surface area contributed by atoms with Crippen LogP contribution in [0.5, 0.6) is 0 Å². The molecule has 0 bridgehead atoms. The number of aromatic nitrogens is 1. The highest BCUT2D eigenvalue weighted by molar-refractivity contribution is 7.09. The van der Waals surface area contributed by atoms with E-state index in [9.17, 15) is 4.79 Å². The second kappa shape index (κ2) is 6.08. The number of nitrogens with zero attached hydrogens (tertiary/aromatic N) is 3. The van der Waals surface area contributed by atoms with Crippen molar-refractivity contribution in [1.82, 2.24) is 14.8 Å². The van der Waals surface area contributed by atoms with Crippen molar-refractivity contribution in [3.05, 3.63) is 16.6 Å². The fraction of sp³-hybridized carbons (Fsp3) is 0.688. The Balaban J connectivity index is 1.68. The van der Waals surface area contributed by atoms with E-state index in [1.54, 1.807) is 18.4 Å². The van der Waals surface area contributed by atoms with Gasteiger partial charge in [-0.15, -0.1) is 11.3 Å². The van der Waals surface area contributed by atoms with Gasteiger partial charge in [-0.25, -0.2) is 4.98 Å². The van der Waals surface area contributed by atoms with Gasteiger partial charge >= 0.3 is 0 Å². The third-order valence-corrected chi connectivity index (χ3v) is 6.00. The summed E-state index contributed by atoms with van der Waals surface area (Å²) in [5.41, 5.74) is -0.0672. The molecule has 2 saturated heterocycles. The Morgan fingerprint density at radius 3 is 3.00 bits per heavy atom. The van der Waals surface area contributed by atoms with Gasteiger partial charge in [0.25, 0.3) is 0 Å². The summed E-state index contributed by atoms with van der Waals surface area (Å²) in [5, 5.41) is 11.3. The molecule has 6 heteroatoms. The number of carbonyl (C=O) groups is 1. The van der Waals surface area contributed by atoms with Gasteiger partial charge in [-0.1, -0.05) is 6.92 Å². The van der Waals surface area contributed by atoms with Crippen molar-refractivity contribution in [2.45, 2.75) is 39.2 Å². The van der Waals surface area contributed by atoms with Gasteiger partial charge in [-0.2, -0.15) is 0 Å². The highest BCUT2D eigenvalue weighted by Gasteiger charge is 2.43. The molecule has 0 radical (unpaired) electrons. The van der Waals surface area contributed by atoms with Crippen molar-refractivity contribution in [1.29, 1.82) is 5.41 Å². The monoisotopic (exact) mass is 320 g/mol. The van der Waals surface area contributed by atoms with Crippen LogP contribution in [0, 0.1) is 16.7 Å². The van der Waals surface area contributed by atoms with Gasteiger partial charge < -0.3 is 4.90 Å². The maximum Gasteiger partial charge on any atom is 0.228 e. The Kier molecular flexibility index (Phi) is 4.32. The zero-order valence-electron chi connectivity index (χ0n) is 13.3. The van der Waals surface area contributed by atoms with E-state index in [4.69, 9.17) is 5.41 Å². The van der Waals surface area contributed by atoms with E-state index in [1.807, 2.05) is 11.6 Å². The fourth-order valence-corrected chi connectivity index (χ4v) is 4.41. The largest absolute Gasteiger partial charge is 0.304 e. The summed E-state index contributed by atoms with van der Waals surface area (Å²) in [7, 11) is 1.72. The van der Waals surface area contributed by atoms with Crippen molar-refractivity contribution < 1.29 is 4.79 Å². The number of amidine groups is 1. The summed E-state index contributed by atoms with van der Waals surface area (Å²) in [6.07, 6.45) is 5.48. The molecule has 1 N–H and O–H groups in total. The first-order chi connectivity index (χ1) is 10.5. The molecule has 120 valence electrons. The minimum atomic E-state index is -0.0672. The Labute approximate surface area is 135 Å². The zero-order valence-corrected chi connectivity index (χ0v) is 14.2. The van der Waals surface area contributed by atoms with Crippen LogP contribution in [0.1, 0.15) is 37.6 Å². The third kappa shape index (κ3) is 3.08. The quantitative estimate of drug-likeness (QED) is 0.931. The zero-order chi connectivity index (χ0) is 15.7. The second-order valence-electron chi connectivity index (χ2n) is 6.91. The lowest BCUT2D eigenvalue weighted by Gasteiger charge is -2.46. The van der Waals surface area contributed by atoms with Gasteiger partial charge in [0.05, 0.1) is 6.54 Å². The summed E-state index contributed by atoms with van der Waals surface area (Å²) >= 11 is 1.71. The molecule has 2 aliphatic heterocycles. The van der Waals surface area contributed by atoms with Crippen LogP contribution in [-0.4, -0.2) is 46.7 Å². The highest BCUT2D eigenvalue weighted by atomic mass is 32.1. The number of carbonyl (C=O) groups excluding carboxylic acids is 1. The van der Waals surface area contributed by atoms with Crippen molar-refractivity contribution in [2.24, 2.45) is 11.3 Å². The molecule has 3 rings (SSSR count). The molecule has 1 amide bonds. The number of amides is 1. The smallest absolute Gasteiger partial charge is 0.228 e. The number of nitrogens with one attached hydrogen (secondary N) is 1. The molecule has 0 aromatic carbocycles. The van der Waals surface area contributed by atoms with Crippen LogP contribution in [0.15, 0.2) is 11.6 Å². The van der Waals surface area contributed by atoms with Gasteiger partial charge in [0, 0.05) is 38.0 Å². The normalized spacial score (nSPS) is 30.8. The molecule has 1 unspecified atom stereocenters. The van der Waals surface area contributed by atoms with E-state index in [1.165, 1.54) is 11.3 Å². The lowest BCUT2D eigenvalue weighted by Crippen LogP contribution is -2.50. The molecule has 0 aliphatic carbocycles. The van der Waals surface area contributed by atoms with Gasteiger partial charge in [0.1, 0.15) is 10.8 Å². The standard InChI is InChI=1S/C16H24N4OS/c1-16(8-13(17)19(2)15(21)9-16)12-4-3-6-20(10-12)11-14-18-5-7-22-14/h5,7,12,17H,3-4,6,8-11H2,1-2H3/t12?,16-/m0/s1. The number of likely N-dealkylation sites (tertiary alicyclic amines) is 2. The van der Waals surface area contributed by atoms with Gasteiger partial charge in [0.15, 0.2) is 0 Å². The van der Waals surface area contributed by atoms with Crippen LogP contribution in [0.4, 0.5) is 0 Å². The second-order valence-corrected chi connectivity index (χ2v) is 7.89. The molecular weight excluding hydrogens is 296 g/mol. The Bertz CT molecular complexity index is 539. The molecule has 2 atom stereocenters. The minimum Gasteiger partial charge on any atom is -0.304 e. The summed E-state index contributed by atoms with van der Waals surface area (Å²) < 4.78 is 0. The van der Waals surface area contributed by atoms with E-state index in [0.29, 0.717) is 24.6 Å². The molecule has 5 nitrogen and oxygen atoms in total. The highest BCUT2D eigenvalue weighted by Crippen LogP contribution is 2.43. The minimum absolute atomic E-state index is 0.0672. The van der Waals surface area contributed by atoms with E-state index in [-0.39, 0.29) is 11.3 Å². The summed E-state index contributed by atoms with van der Waals surface area (Å²) in [4.78, 5) is 20.5. The number of hydrogen-bond acceptors (Lipinski definition) is 5. The predicted octanol–water partition coefficient (Wildman–Crippen LogP) is 2.59. The third-order valence-electron chi connectivity index (χ3n) is 5.24. The van der Waals surface area contributed by atoms with Crippen LogP contribution in [-0.2, 0) is 11.3 Å². The topological polar surface area (TPSA) is 60.3 Å². The first-order valence-electron chi connectivity index (χ1n) is 7.93. The molecule has 2 fully saturated rings. The number of hydrogen-bond donors (Lipinski definition) is 1. The van der Waals surface area contributed by atoms with Crippen LogP contribution in [0.25, 0.3) is 0 Å². The van der Waals surface area contributed by atoms with Crippen LogP contribution in [0.2, 0.25) is 0 Å². The molecule has 3 heterocycles. The van der Waals surface area contributed by atoms with Crippen molar-refractivity contribution in [2.75, 3.05) is 20.1 Å². The Hall–Kier alpha value is -1.27. The number of piperidine rings is 2. The predicted molar refractivity (Wildman–Crippen MR) is 88.0 cm³/mol. The molecule has 1 aromatic rings. The van der Waals surface area contributed by atoms with E-state index in [2.05, 4.69) is 16.8 Å². The Morgan fingerprint density at radius 1 is 1.50 bits per heavy atom. The average Bonchev–Trinajstić information content (AvgIpc) is 2.98. The molecule has 0 spiro atoms. The van der Waals surface area contributed by atoms with E-state index >= 15 is 0 Å². The van der Waals surface area contributed by atoms with Gasteiger partial charge in [-0.3, -0.25) is 15.1 Å². The SMILES string of the molecule is CN1C(=N)C[C@](C)(C2CCCN(Cc3nccs3)C2)CC1=O. The summed E-state index contributed by atoms with van der Waals surface area (Å²) in [6.45, 7) is 5.23. The first kappa shape index (κ1) is 15.6. The summed E-state index contributed by atoms with van der Waals surface area (Å²) in [5.74, 6) is 1.05. The van der Waals surface area contributed by atoms with Crippen LogP contribution < -0.4 is 0 Å².